The molecule has 0 aromatic carbocycles. The highest BCUT2D eigenvalue weighted by atomic mass is 79.9. The van der Waals surface area contributed by atoms with E-state index in [4.69, 9.17) is 11.6 Å². The third kappa shape index (κ3) is 1.90. The molecule has 1 rings (SSSR count). The Morgan fingerprint density at radius 2 is 2.08 bits per heavy atom. The van der Waals surface area contributed by atoms with Crippen molar-refractivity contribution in [3.05, 3.63) is 27.2 Å². The molecule has 0 amide bonds. The molecule has 66 valence electrons. The maximum atomic E-state index is 12.6. The molecule has 0 spiro atoms. The Morgan fingerprint density at radius 1 is 1.50 bits per heavy atom. The van der Waals surface area contributed by atoms with Crippen molar-refractivity contribution in [1.82, 2.24) is 4.98 Å². The van der Waals surface area contributed by atoms with Gasteiger partial charge < -0.3 is 0 Å². The number of nitrogens with zero attached hydrogens (tertiary/aromatic N) is 1. The monoisotopic (exact) mass is 259 g/mol. The lowest BCUT2D eigenvalue weighted by Crippen LogP contribution is -1.93. The summed E-state index contributed by atoms with van der Waals surface area (Å²) >= 11 is 7.97. The molecule has 0 atom stereocenters. The molecule has 0 bridgehead atoms. The molecule has 1 nitrogen and oxygen atoms in total. The molecule has 1 aromatic heterocycles. The van der Waals surface area contributed by atoms with Crippen LogP contribution in [0, 0.1) is 5.82 Å². The first-order chi connectivity index (χ1) is 5.52. The van der Waals surface area contributed by atoms with Crippen molar-refractivity contribution >= 4 is 27.5 Å². The van der Waals surface area contributed by atoms with Gasteiger partial charge in [-0.25, -0.2) is 18.2 Å². The third-order valence-corrected chi connectivity index (χ3v) is 2.05. The predicted molar refractivity (Wildman–Crippen MR) is 41.9 cm³/mol. The van der Waals surface area contributed by atoms with Gasteiger partial charge in [-0.3, -0.25) is 0 Å². The number of hydrogen-bond acceptors (Lipinski definition) is 1. The SMILES string of the molecule is Fc1cc(C(F)F)c(Br)nc1Cl. The van der Waals surface area contributed by atoms with Crippen LogP contribution in [0.25, 0.3) is 0 Å². The zero-order chi connectivity index (χ0) is 9.30. The molecule has 0 aliphatic carbocycles. The van der Waals surface area contributed by atoms with Crippen LogP contribution in [0.2, 0.25) is 5.15 Å². The second kappa shape index (κ2) is 3.62. The summed E-state index contributed by atoms with van der Waals surface area (Å²) in [4.78, 5) is 3.32. The second-order valence-electron chi connectivity index (χ2n) is 1.94. The van der Waals surface area contributed by atoms with Gasteiger partial charge in [0.25, 0.3) is 6.43 Å². The summed E-state index contributed by atoms with van der Waals surface area (Å²) in [5, 5.41) is -0.425. The number of pyridine rings is 1. The van der Waals surface area contributed by atoms with Gasteiger partial charge in [-0.05, 0) is 22.0 Å². The van der Waals surface area contributed by atoms with Crippen molar-refractivity contribution in [3.8, 4) is 0 Å². The zero-order valence-electron chi connectivity index (χ0n) is 5.49. The summed E-state index contributed by atoms with van der Waals surface area (Å²) in [7, 11) is 0. The van der Waals surface area contributed by atoms with Gasteiger partial charge in [0, 0.05) is 0 Å². The zero-order valence-corrected chi connectivity index (χ0v) is 7.83. The van der Waals surface area contributed by atoms with E-state index >= 15 is 0 Å². The number of rotatable bonds is 1. The summed E-state index contributed by atoms with van der Waals surface area (Å²) in [6, 6.07) is 0.657. The number of alkyl halides is 2. The van der Waals surface area contributed by atoms with Crippen molar-refractivity contribution in [2.24, 2.45) is 0 Å². The van der Waals surface area contributed by atoms with E-state index in [0.717, 1.165) is 0 Å². The van der Waals surface area contributed by atoms with E-state index < -0.39 is 23.0 Å². The van der Waals surface area contributed by atoms with Crippen molar-refractivity contribution < 1.29 is 13.2 Å². The second-order valence-corrected chi connectivity index (χ2v) is 3.05. The van der Waals surface area contributed by atoms with Gasteiger partial charge >= 0.3 is 0 Å². The van der Waals surface area contributed by atoms with E-state index in [1.165, 1.54) is 0 Å². The lowest BCUT2D eigenvalue weighted by molar-refractivity contribution is 0.149. The van der Waals surface area contributed by atoms with Gasteiger partial charge in [-0.1, -0.05) is 11.6 Å². The standard InChI is InChI=1S/C6H2BrClF3N/c7-4-2(6(10)11)1-3(9)5(8)12-4/h1,6H. The van der Waals surface area contributed by atoms with Crippen LogP contribution in [0.15, 0.2) is 10.7 Å². The molecule has 0 aliphatic rings. The molecular weight excluding hydrogens is 258 g/mol. The molecule has 12 heavy (non-hydrogen) atoms. The Kier molecular flexibility index (Phi) is 2.95. The first kappa shape index (κ1) is 9.80. The van der Waals surface area contributed by atoms with E-state index in [0.29, 0.717) is 6.07 Å². The minimum Gasteiger partial charge on any atom is -0.226 e. The van der Waals surface area contributed by atoms with Gasteiger partial charge in [0.1, 0.15) is 4.60 Å². The van der Waals surface area contributed by atoms with Gasteiger partial charge in [0.2, 0.25) is 0 Å². The lowest BCUT2D eigenvalue weighted by atomic mass is 10.3. The Balaban J connectivity index is 3.23. The number of halogens is 5. The quantitative estimate of drug-likeness (QED) is 0.703. The molecule has 0 fully saturated rings. The van der Waals surface area contributed by atoms with Crippen molar-refractivity contribution in [3.63, 3.8) is 0 Å². The molecule has 6 heteroatoms. The molecular formula is C6H2BrClF3N. The van der Waals surface area contributed by atoms with Gasteiger partial charge in [-0.2, -0.15) is 0 Å². The molecule has 0 unspecified atom stereocenters. The maximum absolute atomic E-state index is 12.6. The van der Waals surface area contributed by atoms with E-state index in [2.05, 4.69) is 20.9 Å². The van der Waals surface area contributed by atoms with Crippen LogP contribution in [0.3, 0.4) is 0 Å². The Bertz CT molecular complexity index is 305. The molecule has 0 saturated heterocycles. The van der Waals surface area contributed by atoms with Crippen LogP contribution >= 0.6 is 27.5 Å². The highest BCUT2D eigenvalue weighted by molar-refractivity contribution is 9.10. The number of aromatic nitrogens is 1. The lowest BCUT2D eigenvalue weighted by Gasteiger charge is -2.02. The summed E-state index contributed by atoms with van der Waals surface area (Å²) in [6.07, 6.45) is -2.77. The molecule has 0 saturated carbocycles. The van der Waals surface area contributed by atoms with Gasteiger partial charge in [0.05, 0.1) is 5.56 Å². The van der Waals surface area contributed by atoms with Crippen LogP contribution in [0.5, 0.6) is 0 Å². The first-order valence-electron chi connectivity index (χ1n) is 2.82. The highest BCUT2D eigenvalue weighted by Gasteiger charge is 2.15. The molecule has 1 heterocycles. The topological polar surface area (TPSA) is 12.9 Å². The van der Waals surface area contributed by atoms with Crippen LogP contribution in [0.1, 0.15) is 12.0 Å². The molecule has 0 aliphatic heterocycles. The summed E-state index contributed by atoms with van der Waals surface area (Å²) in [5.74, 6) is -0.949. The van der Waals surface area contributed by atoms with Crippen LogP contribution in [0.4, 0.5) is 13.2 Å². The molecule has 0 N–H and O–H groups in total. The molecule has 1 aromatic rings. The van der Waals surface area contributed by atoms with E-state index in [9.17, 15) is 13.2 Å². The Morgan fingerprint density at radius 3 is 2.58 bits per heavy atom. The molecule has 0 radical (unpaired) electrons. The van der Waals surface area contributed by atoms with Crippen LogP contribution in [-0.2, 0) is 0 Å². The summed E-state index contributed by atoms with van der Waals surface area (Å²) in [6.45, 7) is 0. The van der Waals surface area contributed by atoms with Gasteiger partial charge in [0.15, 0.2) is 11.0 Å². The minimum atomic E-state index is -2.77. The predicted octanol–water partition coefficient (Wildman–Crippen LogP) is 3.57. The summed E-state index contributed by atoms with van der Waals surface area (Å²) in [5.41, 5.74) is -0.503. The summed E-state index contributed by atoms with van der Waals surface area (Å²) < 4.78 is 36.6. The normalized spacial score (nSPS) is 10.8. The van der Waals surface area contributed by atoms with Crippen LogP contribution in [-0.4, -0.2) is 4.98 Å². The minimum absolute atomic E-state index is 0.135. The Hall–Kier alpha value is -0.290. The fourth-order valence-corrected chi connectivity index (χ4v) is 1.32. The highest BCUT2D eigenvalue weighted by Crippen LogP contribution is 2.28. The maximum Gasteiger partial charge on any atom is 0.266 e. The average molecular weight is 260 g/mol. The largest absolute Gasteiger partial charge is 0.266 e. The van der Waals surface area contributed by atoms with Crippen molar-refractivity contribution in [2.45, 2.75) is 6.43 Å². The Labute approximate surface area is 79.7 Å². The van der Waals surface area contributed by atoms with E-state index in [1.54, 1.807) is 0 Å². The smallest absolute Gasteiger partial charge is 0.226 e. The average Bonchev–Trinajstić information content (AvgIpc) is 1.96. The van der Waals surface area contributed by atoms with Crippen molar-refractivity contribution in [2.75, 3.05) is 0 Å². The van der Waals surface area contributed by atoms with Crippen LogP contribution < -0.4 is 0 Å². The van der Waals surface area contributed by atoms with Crippen molar-refractivity contribution in [1.29, 1.82) is 0 Å². The number of hydrogen-bond donors (Lipinski definition) is 0. The third-order valence-electron chi connectivity index (χ3n) is 1.15. The van der Waals surface area contributed by atoms with Gasteiger partial charge in [-0.15, -0.1) is 0 Å². The van der Waals surface area contributed by atoms with E-state index in [1.807, 2.05) is 0 Å². The first-order valence-corrected chi connectivity index (χ1v) is 3.99. The van der Waals surface area contributed by atoms with E-state index in [-0.39, 0.29) is 4.60 Å². The fourth-order valence-electron chi connectivity index (χ4n) is 0.613. The fraction of sp³-hybridized carbons (Fsp3) is 0.167.